The van der Waals surface area contributed by atoms with Crippen LogP contribution in [0.4, 0.5) is 13.2 Å². The Morgan fingerprint density at radius 2 is 2.08 bits per heavy atom. The number of carbonyl (C=O) groups is 1. The van der Waals surface area contributed by atoms with Gasteiger partial charge in [-0.25, -0.2) is 17.9 Å². The van der Waals surface area contributed by atoms with Crippen LogP contribution < -0.4 is 0 Å². The molecule has 0 N–H and O–H groups in total. The molecule has 4 nitrogen and oxygen atoms in total. The van der Waals surface area contributed by atoms with Crippen molar-refractivity contribution in [3.05, 3.63) is 47.0 Å². The van der Waals surface area contributed by atoms with E-state index >= 15 is 0 Å². The number of alkyl halides is 2. The molecule has 7 heteroatoms. The lowest BCUT2D eigenvalue weighted by Gasteiger charge is -2.21. The van der Waals surface area contributed by atoms with Crippen molar-refractivity contribution in [3.63, 3.8) is 0 Å². The number of hydrogen-bond donors (Lipinski definition) is 0. The van der Waals surface area contributed by atoms with Crippen LogP contribution in [0, 0.1) is 5.82 Å². The maximum absolute atomic E-state index is 14.2. The lowest BCUT2D eigenvalue weighted by Crippen LogP contribution is -2.36. The predicted molar refractivity (Wildman–Crippen MR) is 87.7 cm³/mol. The van der Waals surface area contributed by atoms with Crippen LogP contribution in [-0.2, 0) is 12.8 Å². The van der Waals surface area contributed by atoms with Gasteiger partial charge in [0.25, 0.3) is 12.3 Å². The molecule has 0 saturated carbocycles. The third-order valence-electron chi connectivity index (χ3n) is 4.35. The van der Waals surface area contributed by atoms with Crippen molar-refractivity contribution in [1.29, 1.82) is 0 Å². The summed E-state index contributed by atoms with van der Waals surface area (Å²) in [6.45, 7) is 1.45. The number of amides is 1. The lowest BCUT2D eigenvalue weighted by molar-refractivity contribution is 0.0549. The highest BCUT2D eigenvalue weighted by atomic mass is 19.3. The molecule has 25 heavy (non-hydrogen) atoms. The van der Waals surface area contributed by atoms with Crippen molar-refractivity contribution in [2.45, 2.75) is 39.0 Å². The molecule has 0 aliphatic heterocycles. The Labute approximate surface area is 144 Å². The highest BCUT2D eigenvalue weighted by molar-refractivity contribution is 5.94. The van der Waals surface area contributed by atoms with Gasteiger partial charge in [-0.2, -0.15) is 5.10 Å². The van der Waals surface area contributed by atoms with Gasteiger partial charge in [-0.05, 0) is 37.8 Å². The SMILES string of the molecule is CCCN(CC(F)F)C(=O)c1nn(-c2ccccc2F)c2c1CCC2. The lowest BCUT2D eigenvalue weighted by atomic mass is 10.1. The summed E-state index contributed by atoms with van der Waals surface area (Å²) in [7, 11) is 0. The molecule has 2 aromatic rings. The van der Waals surface area contributed by atoms with E-state index in [2.05, 4.69) is 5.10 Å². The monoisotopic (exact) mass is 351 g/mol. The van der Waals surface area contributed by atoms with Gasteiger partial charge in [-0.15, -0.1) is 0 Å². The molecule has 0 spiro atoms. The topological polar surface area (TPSA) is 38.1 Å². The fourth-order valence-corrected chi connectivity index (χ4v) is 3.29. The third kappa shape index (κ3) is 3.41. The van der Waals surface area contributed by atoms with E-state index in [4.69, 9.17) is 0 Å². The second kappa shape index (κ2) is 7.29. The quantitative estimate of drug-likeness (QED) is 0.797. The molecule has 1 aliphatic rings. The van der Waals surface area contributed by atoms with E-state index in [0.29, 0.717) is 19.3 Å². The maximum Gasteiger partial charge on any atom is 0.274 e. The van der Waals surface area contributed by atoms with Crippen molar-refractivity contribution in [2.75, 3.05) is 13.1 Å². The van der Waals surface area contributed by atoms with Crippen LogP contribution in [0.3, 0.4) is 0 Å². The summed E-state index contributed by atoms with van der Waals surface area (Å²) in [5.74, 6) is -0.938. The van der Waals surface area contributed by atoms with E-state index in [1.807, 2.05) is 6.92 Å². The average molecular weight is 351 g/mol. The Kier molecular flexibility index (Phi) is 5.11. The molecule has 0 bridgehead atoms. The summed E-state index contributed by atoms with van der Waals surface area (Å²) >= 11 is 0. The normalized spacial score (nSPS) is 13.3. The largest absolute Gasteiger partial charge is 0.332 e. The van der Waals surface area contributed by atoms with E-state index in [-0.39, 0.29) is 17.9 Å². The standard InChI is InChI=1S/C18H20F3N3O/c1-2-10-23(11-16(20)21)18(25)17-12-6-5-9-14(12)24(22-17)15-8-4-3-7-13(15)19/h3-4,7-8,16H,2,5-6,9-11H2,1H3. The van der Waals surface area contributed by atoms with Crippen molar-refractivity contribution in [3.8, 4) is 5.69 Å². The zero-order chi connectivity index (χ0) is 18.0. The van der Waals surface area contributed by atoms with E-state index in [0.717, 1.165) is 22.6 Å². The van der Waals surface area contributed by atoms with Gasteiger partial charge in [-0.1, -0.05) is 19.1 Å². The summed E-state index contributed by atoms with van der Waals surface area (Å²) < 4.78 is 41.2. The van der Waals surface area contributed by atoms with Crippen molar-refractivity contribution >= 4 is 5.91 Å². The van der Waals surface area contributed by atoms with Crippen LogP contribution in [-0.4, -0.2) is 40.1 Å². The number of nitrogens with zero attached hydrogens (tertiary/aromatic N) is 3. The summed E-state index contributed by atoms with van der Waals surface area (Å²) in [5.41, 5.74) is 1.99. The van der Waals surface area contributed by atoms with Gasteiger partial charge >= 0.3 is 0 Å². The number of carbonyl (C=O) groups excluding carboxylic acids is 1. The molecule has 1 aromatic carbocycles. The second-order valence-electron chi connectivity index (χ2n) is 6.13. The zero-order valence-corrected chi connectivity index (χ0v) is 14.0. The van der Waals surface area contributed by atoms with Crippen molar-refractivity contribution < 1.29 is 18.0 Å². The smallest absolute Gasteiger partial charge is 0.274 e. The molecule has 1 aliphatic carbocycles. The molecule has 134 valence electrons. The molecule has 1 heterocycles. The van der Waals surface area contributed by atoms with E-state index < -0.39 is 24.7 Å². The first-order valence-corrected chi connectivity index (χ1v) is 8.46. The average Bonchev–Trinajstić information content (AvgIpc) is 3.16. The fraction of sp³-hybridized carbons (Fsp3) is 0.444. The summed E-state index contributed by atoms with van der Waals surface area (Å²) in [5, 5.41) is 4.31. The molecule has 0 saturated heterocycles. The van der Waals surface area contributed by atoms with Crippen LogP contribution >= 0.6 is 0 Å². The van der Waals surface area contributed by atoms with Gasteiger partial charge in [0.15, 0.2) is 5.69 Å². The number of aromatic nitrogens is 2. The first-order valence-electron chi connectivity index (χ1n) is 8.46. The summed E-state index contributed by atoms with van der Waals surface area (Å²) in [6.07, 6.45) is 0.155. The highest BCUT2D eigenvalue weighted by Crippen LogP contribution is 2.29. The first kappa shape index (κ1) is 17.5. The number of halogens is 3. The van der Waals surface area contributed by atoms with Crippen LogP contribution in [0.2, 0.25) is 0 Å². The van der Waals surface area contributed by atoms with Crippen LogP contribution in [0.5, 0.6) is 0 Å². The molecule has 0 atom stereocenters. The van der Waals surface area contributed by atoms with E-state index in [1.54, 1.807) is 18.2 Å². The minimum Gasteiger partial charge on any atom is -0.332 e. The Balaban J connectivity index is 2.02. The third-order valence-corrected chi connectivity index (χ3v) is 4.35. The van der Waals surface area contributed by atoms with Gasteiger partial charge in [0.05, 0.1) is 6.54 Å². The Bertz CT molecular complexity index is 773. The first-order chi connectivity index (χ1) is 12.0. The molecule has 3 rings (SSSR count). The van der Waals surface area contributed by atoms with E-state index in [9.17, 15) is 18.0 Å². The van der Waals surface area contributed by atoms with Gasteiger partial charge in [-0.3, -0.25) is 4.79 Å². The number of hydrogen-bond acceptors (Lipinski definition) is 2. The van der Waals surface area contributed by atoms with Gasteiger partial charge in [0.2, 0.25) is 0 Å². The number of benzene rings is 1. The molecule has 0 fully saturated rings. The van der Waals surface area contributed by atoms with Crippen LogP contribution in [0.25, 0.3) is 5.69 Å². The van der Waals surface area contributed by atoms with E-state index in [1.165, 1.54) is 10.7 Å². The Hall–Kier alpha value is -2.31. The summed E-state index contributed by atoms with van der Waals surface area (Å²) in [6, 6.07) is 6.21. The van der Waals surface area contributed by atoms with Gasteiger partial charge in [0, 0.05) is 17.8 Å². The van der Waals surface area contributed by atoms with Crippen molar-refractivity contribution in [1.82, 2.24) is 14.7 Å². The zero-order valence-electron chi connectivity index (χ0n) is 14.0. The summed E-state index contributed by atoms with van der Waals surface area (Å²) in [4.78, 5) is 13.9. The second-order valence-corrected chi connectivity index (χ2v) is 6.13. The minimum atomic E-state index is -2.60. The molecular weight excluding hydrogens is 331 g/mol. The molecule has 0 unspecified atom stereocenters. The Morgan fingerprint density at radius 3 is 2.76 bits per heavy atom. The maximum atomic E-state index is 14.2. The molecule has 1 aromatic heterocycles. The number of para-hydroxylation sites is 1. The van der Waals surface area contributed by atoms with Crippen LogP contribution in [0.1, 0.15) is 41.5 Å². The van der Waals surface area contributed by atoms with Crippen LogP contribution in [0.15, 0.2) is 24.3 Å². The van der Waals surface area contributed by atoms with Gasteiger partial charge in [0.1, 0.15) is 11.5 Å². The highest BCUT2D eigenvalue weighted by Gasteiger charge is 2.30. The van der Waals surface area contributed by atoms with Crippen molar-refractivity contribution in [2.24, 2.45) is 0 Å². The molecular formula is C18H20F3N3O. The predicted octanol–water partition coefficient (Wildman–Crippen LogP) is 3.62. The minimum absolute atomic E-state index is 0.171. The molecule has 0 radical (unpaired) electrons. The molecule has 1 amide bonds. The Morgan fingerprint density at radius 1 is 1.32 bits per heavy atom. The van der Waals surface area contributed by atoms with Gasteiger partial charge < -0.3 is 4.90 Å². The number of fused-ring (bicyclic) bond motifs is 1. The number of rotatable bonds is 6. The fourth-order valence-electron chi connectivity index (χ4n) is 3.29.